The zero-order valence-corrected chi connectivity index (χ0v) is 29.4. The third kappa shape index (κ3) is 10.7. The number of carbonyl (C=O) groups is 2. The summed E-state index contributed by atoms with van der Waals surface area (Å²) >= 11 is 6.62. The minimum atomic E-state index is -0.417. The van der Waals surface area contributed by atoms with Gasteiger partial charge in [-0.25, -0.2) is 4.79 Å². The number of hydrogen-bond acceptors (Lipinski definition) is 5. The van der Waals surface area contributed by atoms with E-state index in [9.17, 15) is 9.59 Å². The maximum Gasteiger partial charge on any atom is 0.338 e. The van der Waals surface area contributed by atoms with E-state index in [1.165, 1.54) is 81.7 Å². The molecule has 0 spiro atoms. The number of nitrogens with zero attached hydrogens (tertiary/aromatic N) is 3. The third-order valence-electron chi connectivity index (χ3n) is 8.47. The molecule has 0 aliphatic carbocycles. The average molecular weight is 662 g/mol. The molecule has 4 rings (SSSR count). The molecule has 0 fully saturated rings. The fourth-order valence-electron chi connectivity index (χ4n) is 5.72. The van der Waals surface area contributed by atoms with E-state index in [0.29, 0.717) is 45.5 Å². The topological polar surface area (TPSA) is 101 Å². The Bertz CT molecular complexity index is 1590. The lowest BCUT2D eigenvalue weighted by Crippen LogP contribution is -2.14. The van der Waals surface area contributed by atoms with Crippen molar-refractivity contribution < 1.29 is 14.3 Å². The molecular weight excluding hydrogens is 610 g/mol. The quantitative estimate of drug-likeness (QED) is 0.0769. The zero-order valence-electron chi connectivity index (χ0n) is 28.7. The lowest BCUT2D eigenvalue weighted by molar-refractivity contribution is 0.0497. The summed E-state index contributed by atoms with van der Waals surface area (Å²) < 4.78 is 7.01. The van der Waals surface area contributed by atoms with Crippen LogP contribution in [-0.4, -0.2) is 38.3 Å². The summed E-state index contributed by atoms with van der Waals surface area (Å²) in [5, 5.41) is 12.6. The maximum absolute atomic E-state index is 13.3. The Morgan fingerprint density at radius 2 is 1.40 bits per heavy atom. The summed E-state index contributed by atoms with van der Waals surface area (Å²) in [7, 11) is 0. The van der Waals surface area contributed by atoms with Gasteiger partial charge in [0.05, 0.1) is 23.6 Å². The number of esters is 1. The number of rotatable bonds is 19. The maximum atomic E-state index is 13.3. The Hall–Kier alpha value is -3.65. The van der Waals surface area contributed by atoms with Gasteiger partial charge in [-0.1, -0.05) is 141 Å². The van der Waals surface area contributed by atoms with Crippen LogP contribution in [0.3, 0.4) is 0 Å². The molecule has 2 heterocycles. The normalized spacial score (nSPS) is 11.7. The fraction of sp³-hybridized carbons (Fsp3) is 0.526. The summed E-state index contributed by atoms with van der Waals surface area (Å²) in [4.78, 5) is 29.3. The van der Waals surface area contributed by atoms with E-state index in [0.717, 1.165) is 18.5 Å². The molecule has 2 N–H and O–H groups in total. The van der Waals surface area contributed by atoms with Gasteiger partial charge in [0.25, 0.3) is 5.91 Å². The molecular formula is C38H52ClN5O3. The van der Waals surface area contributed by atoms with Gasteiger partial charge in [-0.2, -0.15) is 5.10 Å². The number of hydrogen-bond donors (Lipinski definition) is 2. The van der Waals surface area contributed by atoms with Crippen molar-refractivity contribution in [3.8, 4) is 11.4 Å². The molecule has 1 amide bonds. The first-order chi connectivity index (χ1) is 22.7. The number of aromatic amines is 1. The Kier molecular flexibility index (Phi) is 13.9. The van der Waals surface area contributed by atoms with E-state index < -0.39 is 5.97 Å². The largest absolute Gasteiger partial charge is 0.462 e. The van der Waals surface area contributed by atoms with Crippen LogP contribution < -0.4 is 5.32 Å². The van der Waals surface area contributed by atoms with Gasteiger partial charge in [0, 0.05) is 16.5 Å². The van der Waals surface area contributed by atoms with Crippen LogP contribution in [0.2, 0.25) is 5.02 Å². The van der Waals surface area contributed by atoms with Gasteiger partial charge in [0.15, 0.2) is 11.5 Å². The molecule has 2 aromatic carbocycles. The van der Waals surface area contributed by atoms with Crippen LogP contribution >= 0.6 is 11.6 Å². The number of fused-ring (bicyclic) bond motifs is 1. The lowest BCUT2D eigenvalue weighted by atomic mass is 9.92. The number of carbonyl (C=O) groups excluding carboxylic acids is 2. The van der Waals surface area contributed by atoms with Gasteiger partial charge in [-0.15, -0.1) is 9.73 Å². The number of unbranched alkanes of at least 4 members (excludes halogenated alkanes) is 13. The number of benzene rings is 2. The van der Waals surface area contributed by atoms with Crippen molar-refractivity contribution in [2.75, 3.05) is 11.9 Å². The Morgan fingerprint density at radius 1 is 0.809 bits per heavy atom. The number of aromatic nitrogens is 4. The summed E-state index contributed by atoms with van der Waals surface area (Å²) in [6, 6.07) is 14.0. The van der Waals surface area contributed by atoms with Crippen molar-refractivity contribution >= 4 is 34.8 Å². The number of halogens is 1. The molecule has 8 nitrogen and oxygen atoms in total. The predicted octanol–water partition coefficient (Wildman–Crippen LogP) is 10.6. The summed E-state index contributed by atoms with van der Waals surface area (Å²) in [5.74, 6) is -0.241. The van der Waals surface area contributed by atoms with Crippen molar-refractivity contribution in [3.05, 3.63) is 70.4 Å². The smallest absolute Gasteiger partial charge is 0.338 e. The van der Waals surface area contributed by atoms with Crippen molar-refractivity contribution in [3.63, 3.8) is 0 Å². The van der Waals surface area contributed by atoms with E-state index in [1.807, 2.05) is 39.0 Å². The summed E-state index contributed by atoms with van der Waals surface area (Å²) in [6.45, 7) is 8.78. The number of amides is 1. The van der Waals surface area contributed by atoms with Crippen LogP contribution in [0.5, 0.6) is 0 Å². The SMILES string of the molecule is CCCCCCCCCCCCCCCCOC(=O)c1cccc(C(=O)Nc2ccccc2-c2nn3nc(C(C)(C)C)c(Cl)c3[nH]2)c1. The predicted molar refractivity (Wildman–Crippen MR) is 191 cm³/mol. The standard InChI is InChI=1S/C38H52ClN5O3/c1-5-6-7-8-9-10-11-12-13-14-15-16-17-20-26-47-37(46)29-23-21-22-28(27-29)36(45)40-31-25-19-18-24-30(31)34-41-35-32(39)33(38(2,3)4)42-44(35)43-34/h18-19,21-25,27H,5-17,20,26H2,1-4H3,(H,40,45)(H,41,43). The minimum Gasteiger partial charge on any atom is -0.462 e. The van der Waals surface area contributed by atoms with E-state index in [-0.39, 0.29) is 11.3 Å². The van der Waals surface area contributed by atoms with Gasteiger partial charge in [-0.3, -0.25) is 4.79 Å². The molecule has 0 saturated heterocycles. The summed E-state index contributed by atoms with van der Waals surface area (Å²) in [5.41, 5.74) is 3.07. The molecule has 0 atom stereocenters. The average Bonchev–Trinajstić information content (AvgIpc) is 3.62. The van der Waals surface area contributed by atoms with E-state index in [4.69, 9.17) is 16.3 Å². The molecule has 47 heavy (non-hydrogen) atoms. The number of H-pyrrole nitrogens is 1. The van der Waals surface area contributed by atoms with Crippen LogP contribution in [0.15, 0.2) is 48.5 Å². The summed E-state index contributed by atoms with van der Waals surface area (Å²) in [6.07, 6.45) is 17.9. The monoisotopic (exact) mass is 661 g/mol. The third-order valence-corrected chi connectivity index (χ3v) is 8.83. The van der Waals surface area contributed by atoms with Crippen LogP contribution in [0.1, 0.15) is 144 Å². The van der Waals surface area contributed by atoms with Crippen molar-refractivity contribution in [1.82, 2.24) is 19.8 Å². The fourth-order valence-corrected chi connectivity index (χ4v) is 6.17. The van der Waals surface area contributed by atoms with Crippen molar-refractivity contribution in [2.24, 2.45) is 0 Å². The molecule has 0 bridgehead atoms. The van der Waals surface area contributed by atoms with Gasteiger partial charge >= 0.3 is 5.97 Å². The molecule has 9 heteroatoms. The van der Waals surface area contributed by atoms with E-state index >= 15 is 0 Å². The van der Waals surface area contributed by atoms with Crippen molar-refractivity contribution in [2.45, 2.75) is 123 Å². The Labute approximate surface area is 285 Å². The first-order valence-corrected chi connectivity index (χ1v) is 17.9. The first kappa shape index (κ1) is 36.2. The minimum absolute atomic E-state index is 0.232. The zero-order chi connectivity index (χ0) is 33.6. The highest BCUT2D eigenvalue weighted by atomic mass is 35.5. The molecule has 0 saturated carbocycles. The van der Waals surface area contributed by atoms with E-state index in [1.54, 1.807) is 30.3 Å². The van der Waals surface area contributed by atoms with Crippen molar-refractivity contribution in [1.29, 1.82) is 0 Å². The highest BCUT2D eigenvalue weighted by molar-refractivity contribution is 6.34. The molecule has 0 aliphatic rings. The molecule has 4 aromatic rings. The van der Waals surface area contributed by atoms with Crippen LogP contribution in [-0.2, 0) is 10.2 Å². The van der Waals surface area contributed by atoms with Gasteiger partial charge in [-0.05, 0) is 36.8 Å². The van der Waals surface area contributed by atoms with Gasteiger partial charge < -0.3 is 15.0 Å². The van der Waals surface area contributed by atoms with Crippen LogP contribution in [0, 0.1) is 0 Å². The van der Waals surface area contributed by atoms with Gasteiger partial charge in [0.2, 0.25) is 0 Å². The first-order valence-electron chi connectivity index (χ1n) is 17.5. The highest BCUT2D eigenvalue weighted by Gasteiger charge is 2.25. The highest BCUT2D eigenvalue weighted by Crippen LogP contribution is 2.33. The number of anilines is 1. The van der Waals surface area contributed by atoms with Crippen LogP contribution in [0.4, 0.5) is 5.69 Å². The number of nitrogens with one attached hydrogen (secondary N) is 2. The number of ether oxygens (including phenoxy) is 1. The van der Waals surface area contributed by atoms with E-state index in [2.05, 4.69) is 27.4 Å². The lowest BCUT2D eigenvalue weighted by Gasteiger charge is -2.14. The van der Waals surface area contributed by atoms with Crippen LogP contribution in [0.25, 0.3) is 17.0 Å². The Morgan fingerprint density at radius 3 is 2.02 bits per heavy atom. The molecule has 0 aliphatic heterocycles. The Balaban J connectivity index is 1.20. The molecule has 254 valence electrons. The second-order valence-electron chi connectivity index (χ2n) is 13.5. The molecule has 0 unspecified atom stereocenters. The molecule has 2 aromatic heterocycles. The second kappa shape index (κ2) is 18.0. The number of para-hydroxylation sites is 1. The molecule has 0 radical (unpaired) electrons. The second-order valence-corrected chi connectivity index (χ2v) is 13.9. The van der Waals surface area contributed by atoms with Gasteiger partial charge in [0.1, 0.15) is 5.02 Å².